The third kappa shape index (κ3) is 5.35. The molecule has 5 nitrogen and oxygen atoms in total. The van der Waals surface area contributed by atoms with E-state index < -0.39 is 5.97 Å². The van der Waals surface area contributed by atoms with Crippen molar-refractivity contribution in [3.8, 4) is 0 Å². The molecule has 0 aliphatic rings. The van der Waals surface area contributed by atoms with Crippen molar-refractivity contribution in [2.45, 2.75) is 33.0 Å². The molecule has 0 bridgehead atoms. The molecule has 0 saturated heterocycles. The number of fused-ring (bicyclic) bond motifs is 1. The fourth-order valence-corrected chi connectivity index (χ4v) is 2.37. The van der Waals surface area contributed by atoms with Gasteiger partial charge in [-0.2, -0.15) is 0 Å². The van der Waals surface area contributed by atoms with Gasteiger partial charge in [0.25, 0.3) is 0 Å². The zero-order valence-electron chi connectivity index (χ0n) is 15.3. The van der Waals surface area contributed by atoms with Crippen LogP contribution >= 0.6 is 0 Å². The van der Waals surface area contributed by atoms with E-state index >= 15 is 0 Å². The molecule has 0 aliphatic heterocycles. The van der Waals surface area contributed by atoms with Crippen molar-refractivity contribution in [2.75, 3.05) is 34.3 Å². The van der Waals surface area contributed by atoms with Gasteiger partial charge in [0, 0.05) is 18.4 Å². The van der Waals surface area contributed by atoms with E-state index in [1.807, 2.05) is 32.0 Å². The average molecular weight is 334 g/mol. The van der Waals surface area contributed by atoms with Gasteiger partial charge < -0.3 is 18.4 Å². The van der Waals surface area contributed by atoms with Crippen molar-refractivity contribution in [3.63, 3.8) is 0 Å². The SMILES string of the molecule is CCOCc1ccc2oc(C(=O)O[C@H](C)CC[N+](C)(C)C)cc2c1. The van der Waals surface area contributed by atoms with Gasteiger partial charge in [-0.3, -0.25) is 0 Å². The molecule has 0 N–H and O–H groups in total. The second-order valence-corrected chi connectivity index (χ2v) is 7.14. The van der Waals surface area contributed by atoms with E-state index in [-0.39, 0.29) is 11.9 Å². The third-order valence-electron chi connectivity index (χ3n) is 3.77. The largest absolute Gasteiger partial charge is 0.457 e. The summed E-state index contributed by atoms with van der Waals surface area (Å²) in [4.78, 5) is 12.3. The fraction of sp³-hybridized carbons (Fsp3) is 0.526. The average Bonchev–Trinajstić information content (AvgIpc) is 2.93. The Hall–Kier alpha value is -1.85. The van der Waals surface area contributed by atoms with Gasteiger partial charge in [0.15, 0.2) is 0 Å². The number of benzene rings is 1. The first-order valence-electron chi connectivity index (χ1n) is 8.40. The number of hydrogen-bond donors (Lipinski definition) is 0. The Labute approximate surface area is 143 Å². The van der Waals surface area contributed by atoms with Crippen LogP contribution in [0.3, 0.4) is 0 Å². The van der Waals surface area contributed by atoms with E-state index in [1.165, 1.54) is 0 Å². The molecule has 1 heterocycles. The number of carbonyl (C=O) groups excluding carboxylic acids is 1. The van der Waals surface area contributed by atoms with Crippen LogP contribution in [0.15, 0.2) is 28.7 Å². The molecule has 1 atom stereocenters. The molecule has 0 radical (unpaired) electrons. The summed E-state index contributed by atoms with van der Waals surface area (Å²) in [5.74, 6) is -0.165. The minimum atomic E-state index is -0.411. The quantitative estimate of drug-likeness (QED) is 0.546. The van der Waals surface area contributed by atoms with Crippen molar-refractivity contribution >= 4 is 16.9 Å². The first kappa shape index (κ1) is 18.5. The predicted molar refractivity (Wildman–Crippen MR) is 93.9 cm³/mol. The van der Waals surface area contributed by atoms with Gasteiger partial charge in [-0.05, 0) is 37.6 Å². The number of esters is 1. The van der Waals surface area contributed by atoms with Crippen LogP contribution in [0.2, 0.25) is 0 Å². The van der Waals surface area contributed by atoms with Crippen LogP contribution in [0.5, 0.6) is 0 Å². The van der Waals surface area contributed by atoms with E-state index in [9.17, 15) is 4.79 Å². The van der Waals surface area contributed by atoms with Crippen molar-refractivity contribution in [2.24, 2.45) is 0 Å². The Morgan fingerprint density at radius 1 is 1.25 bits per heavy atom. The van der Waals surface area contributed by atoms with Crippen molar-refractivity contribution in [1.82, 2.24) is 0 Å². The molecule has 2 aromatic rings. The van der Waals surface area contributed by atoms with Crippen LogP contribution in [0.4, 0.5) is 0 Å². The summed E-state index contributed by atoms with van der Waals surface area (Å²) in [6, 6.07) is 7.52. The smallest absolute Gasteiger partial charge is 0.374 e. The summed E-state index contributed by atoms with van der Waals surface area (Å²) in [6.07, 6.45) is 0.671. The summed E-state index contributed by atoms with van der Waals surface area (Å²) < 4.78 is 17.4. The molecular formula is C19H28NO4+. The van der Waals surface area contributed by atoms with Crippen molar-refractivity contribution in [3.05, 3.63) is 35.6 Å². The zero-order chi connectivity index (χ0) is 17.7. The topological polar surface area (TPSA) is 48.7 Å². The Kier molecular flexibility index (Phi) is 6.02. The van der Waals surface area contributed by atoms with Crippen molar-refractivity contribution < 1.29 is 23.2 Å². The lowest BCUT2D eigenvalue weighted by Gasteiger charge is -2.25. The Morgan fingerprint density at radius 2 is 2.00 bits per heavy atom. The second-order valence-electron chi connectivity index (χ2n) is 7.14. The van der Waals surface area contributed by atoms with Crippen LogP contribution in [0.1, 0.15) is 36.4 Å². The molecule has 0 saturated carbocycles. The highest BCUT2D eigenvalue weighted by atomic mass is 16.6. The van der Waals surface area contributed by atoms with Gasteiger partial charge >= 0.3 is 5.97 Å². The highest BCUT2D eigenvalue weighted by Crippen LogP contribution is 2.22. The van der Waals surface area contributed by atoms with E-state index in [1.54, 1.807) is 6.07 Å². The second kappa shape index (κ2) is 7.81. The summed E-state index contributed by atoms with van der Waals surface area (Å²) in [6.45, 7) is 6.04. The maximum atomic E-state index is 12.3. The number of ether oxygens (including phenoxy) is 2. The number of carbonyl (C=O) groups is 1. The Bertz CT molecular complexity index is 684. The van der Waals surface area contributed by atoms with Gasteiger partial charge in [0.1, 0.15) is 11.7 Å². The van der Waals surface area contributed by atoms with Crippen LogP contribution in [0, 0.1) is 0 Å². The fourth-order valence-electron chi connectivity index (χ4n) is 2.37. The van der Waals surface area contributed by atoms with E-state index in [0.717, 1.165) is 28.4 Å². The predicted octanol–water partition coefficient (Wildman–Crippen LogP) is 3.61. The maximum absolute atomic E-state index is 12.3. The summed E-state index contributed by atoms with van der Waals surface area (Å²) in [5, 5.41) is 0.887. The molecule has 0 unspecified atom stereocenters. The number of furan rings is 1. The van der Waals surface area contributed by atoms with Gasteiger partial charge in [0.05, 0.1) is 34.3 Å². The summed E-state index contributed by atoms with van der Waals surface area (Å²) in [7, 11) is 6.36. The zero-order valence-corrected chi connectivity index (χ0v) is 15.3. The molecule has 24 heavy (non-hydrogen) atoms. The Balaban J connectivity index is 2.01. The first-order valence-corrected chi connectivity index (χ1v) is 8.40. The van der Waals surface area contributed by atoms with E-state index in [2.05, 4.69) is 21.1 Å². The number of rotatable bonds is 8. The number of quaternary nitrogens is 1. The third-order valence-corrected chi connectivity index (χ3v) is 3.77. The Morgan fingerprint density at radius 3 is 2.67 bits per heavy atom. The molecule has 1 aromatic carbocycles. The molecule has 0 spiro atoms. The standard InChI is InChI=1S/C19H28NO4/c1-6-22-13-15-7-8-17-16(11-15)12-18(24-17)19(21)23-14(2)9-10-20(3,4)5/h7-8,11-12,14H,6,9-10,13H2,1-5H3/q+1/t14-/m1/s1. The molecule has 0 aliphatic carbocycles. The van der Waals surface area contributed by atoms with Gasteiger partial charge in [0.2, 0.25) is 5.76 Å². The normalized spacial score (nSPS) is 13.2. The highest BCUT2D eigenvalue weighted by molar-refractivity contribution is 5.92. The molecule has 0 fully saturated rings. The van der Waals surface area contributed by atoms with E-state index in [4.69, 9.17) is 13.9 Å². The molecule has 0 amide bonds. The van der Waals surface area contributed by atoms with Gasteiger partial charge in [-0.1, -0.05) is 6.07 Å². The van der Waals surface area contributed by atoms with Crippen LogP contribution < -0.4 is 0 Å². The van der Waals surface area contributed by atoms with Crippen LogP contribution in [-0.2, 0) is 16.1 Å². The van der Waals surface area contributed by atoms with E-state index in [0.29, 0.717) is 18.8 Å². The minimum absolute atomic E-state index is 0.142. The molecule has 2 rings (SSSR count). The lowest BCUT2D eigenvalue weighted by atomic mass is 10.2. The van der Waals surface area contributed by atoms with Gasteiger partial charge in [-0.15, -0.1) is 0 Å². The lowest BCUT2D eigenvalue weighted by molar-refractivity contribution is -0.870. The monoisotopic (exact) mass is 334 g/mol. The maximum Gasteiger partial charge on any atom is 0.374 e. The molecular weight excluding hydrogens is 306 g/mol. The number of nitrogens with zero attached hydrogens (tertiary/aromatic N) is 1. The van der Waals surface area contributed by atoms with Crippen molar-refractivity contribution in [1.29, 1.82) is 0 Å². The van der Waals surface area contributed by atoms with Crippen LogP contribution in [-0.4, -0.2) is 50.9 Å². The summed E-state index contributed by atoms with van der Waals surface area (Å²) in [5.41, 5.74) is 1.74. The van der Waals surface area contributed by atoms with Gasteiger partial charge in [-0.25, -0.2) is 4.79 Å². The molecule has 1 aromatic heterocycles. The molecule has 5 heteroatoms. The number of hydrogen-bond acceptors (Lipinski definition) is 4. The van der Waals surface area contributed by atoms with Crippen LogP contribution in [0.25, 0.3) is 11.0 Å². The molecule has 132 valence electrons. The minimum Gasteiger partial charge on any atom is -0.457 e. The summed E-state index contributed by atoms with van der Waals surface area (Å²) >= 11 is 0. The highest BCUT2D eigenvalue weighted by Gasteiger charge is 2.19. The lowest BCUT2D eigenvalue weighted by Crippen LogP contribution is -2.37. The first-order chi connectivity index (χ1) is 11.3.